The Morgan fingerprint density at radius 2 is 2.06 bits per heavy atom. The van der Waals surface area contributed by atoms with Crippen molar-refractivity contribution in [3.8, 4) is 0 Å². The van der Waals surface area contributed by atoms with Crippen LogP contribution in [0.1, 0.15) is 31.2 Å². The zero-order valence-corrected chi connectivity index (χ0v) is 10.9. The van der Waals surface area contributed by atoms with Gasteiger partial charge in [-0.2, -0.15) is 0 Å². The molecule has 1 aromatic rings. The summed E-state index contributed by atoms with van der Waals surface area (Å²) in [5.41, 5.74) is 7.27. The standard InChI is InChI=1S/C16H23NO/c17-11-16(10-13-6-7-14(16)8-13)15(18)9-12-4-2-1-3-5-12/h1-5,13-15,18H,6-11,17H2. The summed E-state index contributed by atoms with van der Waals surface area (Å²) in [6.07, 6.45) is 5.53. The van der Waals surface area contributed by atoms with Gasteiger partial charge in [-0.05, 0) is 43.1 Å². The highest BCUT2D eigenvalue weighted by Crippen LogP contribution is 2.57. The number of aliphatic hydroxyl groups excluding tert-OH is 1. The molecule has 0 heterocycles. The molecule has 2 fully saturated rings. The van der Waals surface area contributed by atoms with E-state index in [2.05, 4.69) is 12.1 Å². The number of fused-ring (bicyclic) bond motifs is 2. The topological polar surface area (TPSA) is 46.2 Å². The molecule has 2 heteroatoms. The van der Waals surface area contributed by atoms with Crippen molar-refractivity contribution in [3.05, 3.63) is 35.9 Å². The van der Waals surface area contributed by atoms with Crippen LogP contribution in [0, 0.1) is 17.3 Å². The first kappa shape index (κ1) is 12.2. The zero-order chi connectivity index (χ0) is 12.6. The molecule has 2 bridgehead atoms. The molecule has 2 aliphatic rings. The lowest BCUT2D eigenvalue weighted by atomic mass is 9.68. The fourth-order valence-corrected chi connectivity index (χ4v) is 4.32. The average molecular weight is 245 g/mol. The number of benzene rings is 1. The molecule has 0 radical (unpaired) electrons. The second-order valence-electron chi connectivity index (χ2n) is 6.22. The molecule has 1 aromatic carbocycles. The van der Waals surface area contributed by atoms with Gasteiger partial charge in [0.1, 0.15) is 0 Å². The van der Waals surface area contributed by atoms with E-state index in [0.29, 0.717) is 12.5 Å². The van der Waals surface area contributed by atoms with Crippen molar-refractivity contribution in [1.82, 2.24) is 0 Å². The van der Waals surface area contributed by atoms with Crippen molar-refractivity contribution in [1.29, 1.82) is 0 Å². The van der Waals surface area contributed by atoms with Crippen molar-refractivity contribution < 1.29 is 5.11 Å². The van der Waals surface area contributed by atoms with Crippen LogP contribution in [0.25, 0.3) is 0 Å². The van der Waals surface area contributed by atoms with E-state index in [-0.39, 0.29) is 11.5 Å². The Hall–Kier alpha value is -0.860. The predicted octanol–water partition coefficient (Wildman–Crippen LogP) is 2.36. The van der Waals surface area contributed by atoms with Gasteiger partial charge in [0, 0.05) is 12.0 Å². The van der Waals surface area contributed by atoms with Crippen LogP contribution in [0.3, 0.4) is 0 Å². The minimum absolute atomic E-state index is 0.00123. The molecule has 3 N–H and O–H groups in total. The SMILES string of the molecule is NCC1(C(O)Cc2ccccc2)CC2CCC1C2. The van der Waals surface area contributed by atoms with E-state index in [4.69, 9.17) is 5.73 Å². The highest BCUT2D eigenvalue weighted by atomic mass is 16.3. The summed E-state index contributed by atoms with van der Waals surface area (Å²) in [5.74, 6) is 1.48. The number of aliphatic hydroxyl groups is 1. The van der Waals surface area contributed by atoms with Gasteiger partial charge >= 0.3 is 0 Å². The largest absolute Gasteiger partial charge is 0.392 e. The molecule has 0 saturated heterocycles. The zero-order valence-electron chi connectivity index (χ0n) is 10.9. The third-order valence-electron chi connectivity index (χ3n) is 5.34. The van der Waals surface area contributed by atoms with Crippen molar-refractivity contribution in [3.63, 3.8) is 0 Å². The Bertz CT molecular complexity index is 405. The van der Waals surface area contributed by atoms with Crippen LogP contribution in [0.2, 0.25) is 0 Å². The second-order valence-corrected chi connectivity index (χ2v) is 6.22. The maximum absolute atomic E-state index is 10.7. The smallest absolute Gasteiger partial charge is 0.0651 e. The lowest BCUT2D eigenvalue weighted by Crippen LogP contribution is -2.46. The monoisotopic (exact) mass is 245 g/mol. The fraction of sp³-hybridized carbons (Fsp3) is 0.625. The molecule has 98 valence electrons. The summed E-state index contributed by atoms with van der Waals surface area (Å²) in [4.78, 5) is 0. The van der Waals surface area contributed by atoms with E-state index >= 15 is 0 Å². The first-order valence-electron chi connectivity index (χ1n) is 7.16. The highest BCUT2D eigenvalue weighted by Gasteiger charge is 2.53. The van der Waals surface area contributed by atoms with Gasteiger partial charge in [-0.15, -0.1) is 0 Å². The minimum Gasteiger partial charge on any atom is -0.392 e. The normalized spacial score (nSPS) is 35.9. The molecular weight excluding hydrogens is 222 g/mol. The average Bonchev–Trinajstić information content (AvgIpc) is 3.00. The first-order valence-corrected chi connectivity index (χ1v) is 7.16. The number of hydrogen-bond donors (Lipinski definition) is 2. The van der Waals surface area contributed by atoms with E-state index in [9.17, 15) is 5.11 Å². The molecule has 4 unspecified atom stereocenters. The number of hydrogen-bond acceptors (Lipinski definition) is 2. The lowest BCUT2D eigenvalue weighted by Gasteiger charge is -2.41. The van der Waals surface area contributed by atoms with E-state index in [1.807, 2.05) is 18.2 Å². The third-order valence-corrected chi connectivity index (χ3v) is 5.34. The summed E-state index contributed by atoms with van der Waals surface area (Å²) in [7, 11) is 0. The Morgan fingerprint density at radius 3 is 2.61 bits per heavy atom. The fourth-order valence-electron chi connectivity index (χ4n) is 4.32. The summed E-state index contributed by atoms with van der Waals surface area (Å²) < 4.78 is 0. The predicted molar refractivity (Wildman–Crippen MR) is 73.1 cm³/mol. The maximum atomic E-state index is 10.7. The molecule has 2 nitrogen and oxygen atoms in total. The number of rotatable bonds is 4. The molecule has 18 heavy (non-hydrogen) atoms. The van der Waals surface area contributed by atoms with Crippen molar-refractivity contribution >= 4 is 0 Å². The third kappa shape index (κ3) is 1.88. The quantitative estimate of drug-likeness (QED) is 0.855. The van der Waals surface area contributed by atoms with Crippen LogP contribution < -0.4 is 5.73 Å². The summed E-state index contributed by atoms with van der Waals surface area (Å²) in [5, 5.41) is 10.7. The van der Waals surface area contributed by atoms with E-state index < -0.39 is 0 Å². The Labute approximate surface area is 109 Å². The summed E-state index contributed by atoms with van der Waals surface area (Å²) in [6.45, 7) is 0.641. The second kappa shape index (κ2) is 4.67. The van der Waals surface area contributed by atoms with E-state index in [1.165, 1.54) is 24.8 Å². The van der Waals surface area contributed by atoms with Crippen LogP contribution in [0.5, 0.6) is 0 Å². The highest BCUT2D eigenvalue weighted by molar-refractivity contribution is 5.17. The number of nitrogens with two attached hydrogens (primary N) is 1. The van der Waals surface area contributed by atoms with Crippen LogP contribution in [0.4, 0.5) is 0 Å². The van der Waals surface area contributed by atoms with Crippen molar-refractivity contribution in [2.24, 2.45) is 23.0 Å². The molecular formula is C16H23NO. The Balaban J connectivity index is 1.76. The molecule has 4 atom stereocenters. The van der Waals surface area contributed by atoms with Gasteiger partial charge in [0.15, 0.2) is 0 Å². The minimum atomic E-state index is -0.278. The van der Waals surface area contributed by atoms with Gasteiger partial charge in [0.25, 0.3) is 0 Å². The molecule has 0 aromatic heterocycles. The van der Waals surface area contributed by atoms with Gasteiger partial charge < -0.3 is 10.8 Å². The van der Waals surface area contributed by atoms with Gasteiger partial charge in [-0.1, -0.05) is 36.8 Å². The van der Waals surface area contributed by atoms with E-state index in [0.717, 1.165) is 18.8 Å². The Kier molecular flexibility index (Phi) is 3.16. The molecule has 2 saturated carbocycles. The van der Waals surface area contributed by atoms with Crippen LogP contribution in [0.15, 0.2) is 30.3 Å². The van der Waals surface area contributed by atoms with Crippen LogP contribution >= 0.6 is 0 Å². The molecule has 2 aliphatic carbocycles. The van der Waals surface area contributed by atoms with Gasteiger partial charge in [0.2, 0.25) is 0 Å². The molecule has 0 amide bonds. The van der Waals surface area contributed by atoms with Crippen molar-refractivity contribution in [2.75, 3.05) is 6.54 Å². The van der Waals surface area contributed by atoms with Gasteiger partial charge in [-0.25, -0.2) is 0 Å². The Morgan fingerprint density at radius 1 is 1.28 bits per heavy atom. The first-order chi connectivity index (χ1) is 8.74. The molecule has 0 aliphatic heterocycles. The maximum Gasteiger partial charge on any atom is 0.0651 e. The van der Waals surface area contributed by atoms with Crippen LogP contribution in [-0.4, -0.2) is 17.8 Å². The summed E-state index contributed by atoms with van der Waals surface area (Å²) in [6, 6.07) is 10.3. The van der Waals surface area contributed by atoms with Gasteiger partial charge in [-0.3, -0.25) is 0 Å². The van der Waals surface area contributed by atoms with E-state index in [1.54, 1.807) is 0 Å². The van der Waals surface area contributed by atoms with Gasteiger partial charge in [0.05, 0.1) is 6.10 Å². The lowest BCUT2D eigenvalue weighted by molar-refractivity contribution is -0.0104. The molecule has 3 rings (SSSR count). The summed E-state index contributed by atoms with van der Waals surface area (Å²) >= 11 is 0. The van der Waals surface area contributed by atoms with Crippen LogP contribution in [-0.2, 0) is 6.42 Å². The molecule has 0 spiro atoms. The van der Waals surface area contributed by atoms with Crippen molar-refractivity contribution in [2.45, 2.75) is 38.2 Å².